The minimum absolute atomic E-state index is 0.0346. The lowest BCUT2D eigenvalue weighted by atomic mass is 9.38. The van der Waals surface area contributed by atoms with Gasteiger partial charge in [-0.05, 0) is 140 Å². The van der Waals surface area contributed by atoms with Crippen molar-refractivity contribution in [2.24, 2.45) is 28.1 Å². The summed E-state index contributed by atoms with van der Waals surface area (Å²) in [5.74, 6) is -3.42. The van der Waals surface area contributed by atoms with Gasteiger partial charge in [-0.1, -0.05) is 96.3 Å². The minimum atomic E-state index is -1.53. The average Bonchev–Trinajstić information content (AvgIpc) is 3.19. The maximum absolute atomic E-state index is 15.6. The van der Waals surface area contributed by atoms with Gasteiger partial charge in [0.15, 0.2) is 23.1 Å². The zero-order chi connectivity index (χ0) is 45.9. The molecule has 6 nitrogen and oxygen atoms in total. The number of ether oxygens (including phenoxy) is 2. The Morgan fingerprint density at radius 1 is 0.855 bits per heavy atom. The van der Waals surface area contributed by atoms with Gasteiger partial charge in [0.25, 0.3) is 0 Å². The summed E-state index contributed by atoms with van der Waals surface area (Å²) >= 11 is 12.6. The van der Waals surface area contributed by atoms with Gasteiger partial charge in [-0.3, -0.25) is 9.59 Å². The van der Waals surface area contributed by atoms with Crippen molar-refractivity contribution in [3.8, 4) is 11.5 Å². The fourth-order valence-corrected chi connectivity index (χ4v) is 9.69. The third-order valence-corrected chi connectivity index (χ3v) is 13.9. The molecular weight excluding hydrogens is 829 g/mol. The van der Waals surface area contributed by atoms with Gasteiger partial charge in [-0.15, -0.1) is 0 Å². The van der Waals surface area contributed by atoms with Crippen LogP contribution in [0.3, 0.4) is 0 Å². The van der Waals surface area contributed by atoms with Crippen molar-refractivity contribution in [1.82, 2.24) is 0 Å². The van der Waals surface area contributed by atoms with Crippen molar-refractivity contribution in [1.29, 1.82) is 0 Å². The van der Waals surface area contributed by atoms with Crippen LogP contribution in [0.15, 0.2) is 113 Å². The van der Waals surface area contributed by atoms with Crippen molar-refractivity contribution >= 4 is 34.8 Å². The third kappa shape index (κ3) is 9.53. The van der Waals surface area contributed by atoms with Crippen LogP contribution in [0.2, 0.25) is 10.0 Å². The number of hydrogen-bond donors (Lipinski definition) is 2. The zero-order valence-corrected chi connectivity index (χ0v) is 38.9. The van der Waals surface area contributed by atoms with Crippen molar-refractivity contribution in [3.05, 3.63) is 151 Å². The van der Waals surface area contributed by atoms with Crippen LogP contribution in [-0.2, 0) is 18.0 Å². The first-order valence-electron chi connectivity index (χ1n) is 21.1. The van der Waals surface area contributed by atoms with Crippen LogP contribution in [-0.4, -0.2) is 27.9 Å². The second kappa shape index (κ2) is 19.5. The van der Waals surface area contributed by atoms with E-state index in [0.29, 0.717) is 19.3 Å². The number of carbonyl (C=O) groups excluding carboxylic acids is 2. The quantitative estimate of drug-likeness (QED) is 0.0797. The summed E-state index contributed by atoms with van der Waals surface area (Å²) < 4.78 is 41.9. The third-order valence-electron chi connectivity index (χ3n) is 13.2. The predicted molar refractivity (Wildman–Crippen MR) is 245 cm³/mol. The van der Waals surface area contributed by atoms with Crippen molar-refractivity contribution < 1.29 is 38.1 Å². The topological polar surface area (TPSA) is 93.1 Å². The molecule has 0 aliphatic heterocycles. The SMILES string of the molecule is C=C(C)C(CC=C(C)C)CC12CC(CC=C(C)C)C(C)(C)C(CC=C(C)C)(C(=O)C(C(=O)c3ccc(OCc4c(F)cccc4Cl)c(OCc4c(F)cccc4Cl)c3)=C1O)C2O. The predicted octanol–water partition coefficient (Wildman–Crippen LogP) is 14.0. The Bertz CT molecular complexity index is 2310. The molecule has 1 saturated carbocycles. The number of Topliss-reactive ketones (excluding diaryl/α,β-unsaturated/α-hetero) is 2. The lowest BCUT2D eigenvalue weighted by molar-refractivity contribution is -0.204. The summed E-state index contributed by atoms with van der Waals surface area (Å²) in [7, 11) is 0. The number of hydrogen-bond acceptors (Lipinski definition) is 6. The number of fused-ring (bicyclic) bond motifs is 2. The number of rotatable bonds is 17. The van der Waals surface area contributed by atoms with Crippen LogP contribution in [0.5, 0.6) is 11.5 Å². The van der Waals surface area contributed by atoms with Crippen molar-refractivity contribution in [2.75, 3.05) is 0 Å². The number of aliphatic hydroxyl groups excluding tert-OH is 2. The zero-order valence-electron chi connectivity index (χ0n) is 37.4. The molecule has 5 rings (SSSR count). The first kappa shape index (κ1) is 48.5. The summed E-state index contributed by atoms with van der Waals surface area (Å²) in [5.41, 5.74) is -0.108. The summed E-state index contributed by atoms with van der Waals surface area (Å²) in [6.07, 6.45) is 6.69. The Kier molecular flexibility index (Phi) is 15.3. The molecule has 0 aromatic heterocycles. The van der Waals surface area contributed by atoms with Gasteiger partial charge in [-0.2, -0.15) is 0 Å². The molecule has 0 radical (unpaired) electrons. The first-order valence-corrected chi connectivity index (χ1v) is 21.9. The summed E-state index contributed by atoms with van der Waals surface area (Å²) in [6, 6.07) is 12.7. The average molecular weight is 890 g/mol. The Morgan fingerprint density at radius 2 is 1.40 bits per heavy atom. The molecule has 0 spiro atoms. The van der Waals surface area contributed by atoms with E-state index in [1.54, 1.807) is 0 Å². The lowest BCUT2D eigenvalue weighted by Gasteiger charge is -2.65. The Balaban J connectivity index is 1.74. The highest BCUT2D eigenvalue weighted by atomic mass is 35.5. The highest BCUT2D eigenvalue weighted by molar-refractivity contribution is 6.31. The van der Waals surface area contributed by atoms with Crippen LogP contribution in [0, 0.1) is 39.7 Å². The number of allylic oxidation sites excluding steroid dienone is 8. The van der Waals surface area contributed by atoms with Gasteiger partial charge in [-0.25, -0.2) is 8.78 Å². The van der Waals surface area contributed by atoms with E-state index in [1.165, 1.54) is 54.6 Å². The fraction of sp³-hybridized carbons (Fsp3) is 0.423. The monoisotopic (exact) mass is 888 g/mol. The van der Waals surface area contributed by atoms with Crippen LogP contribution in [0.1, 0.15) is 116 Å². The molecule has 0 amide bonds. The number of ketones is 2. The first-order chi connectivity index (χ1) is 29.1. The molecule has 2 aliphatic carbocycles. The van der Waals surface area contributed by atoms with Gasteiger partial charge in [0.1, 0.15) is 36.2 Å². The molecule has 5 unspecified atom stereocenters. The number of carbonyl (C=O) groups is 2. The van der Waals surface area contributed by atoms with E-state index in [-0.39, 0.29) is 76.1 Å². The minimum Gasteiger partial charge on any atom is -0.511 e. The molecule has 62 heavy (non-hydrogen) atoms. The van der Waals surface area contributed by atoms with Gasteiger partial charge in [0.2, 0.25) is 0 Å². The Morgan fingerprint density at radius 3 is 1.92 bits per heavy atom. The lowest BCUT2D eigenvalue weighted by Crippen LogP contribution is -2.69. The highest BCUT2D eigenvalue weighted by Crippen LogP contribution is 2.69. The smallest absolute Gasteiger partial charge is 0.200 e. The normalized spacial score (nSPS) is 22.1. The largest absolute Gasteiger partial charge is 0.511 e. The maximum Gasteiger partial charge on any atom is 0.200 e. The summed E-state index contributed by atoms with van der Waals surface area (Å²) in [6.45, 7) is 21.5. The fourth-order valence-electron chi connectivity index (χ4n) is 9.25. The van der Waals surface area contributed by atoms with E-state index < -0.39 is 56.9 Å². The Labute approximate surface area is 376 Å². The number of benzene rings is 3. The number of halogens is 4. The molecule has 2 N–H and O–H groups in total. The Hall–Kier alpha value is -4.50. The van der Waals surface area contributed by atoms with Gasteiger partial charge in [0, 0.05) is 16.7 Å². The molecule has 1 fully saturated rings. The van der Waals surface area contributed by atoms with Gasteiger partial charge >= 0.3 is 0 Å². The van der Waals surface area contributed by atoms with Crippen LogP contribution in [0.4, 0.5) is 8.78 Å². The molecule has 3 aromatic carbocycles. The maximum atomic E-state index is 15.6. The van der Waals surface area contributed by atoms with Crippen LogP contribution >= 0.6 is 23.2 Å². The molecule has 332 valence electrons. The van der Waals surface area contributed by atoms with E-state index in [1.807, 2.05) is 68.4 Å². The van der Waals surface area contributed by atoms with Crippen molar-refractivity contribution in [3.63, 3.8) is 0 Å². The molecule has 10 heteroatoms. The van der Waals surface area contributed by atoms with Crippen LogP contribution < -0.4 is 9.47 Å². The summed E-state index contributed by atoms with van der Waals surface area (Å²) in [5, 5.41) is 26.1. The van der Waals surface area contributed by atoms with Crippen LogP contribution in [0.25, 0.3) is 0 Å². The number of aliphatic hydroxyl groups is 2. The molecule has 2 aliphatic rings. The molecule has 0 heterocycles. The summed E-state index contributed by atoms with van der Waals surface area (Å²) in [4.78, 5) is 30.8. The molecule has 3 aromatic rings. The van der Waals surface area contributed by atoms with E-state index in [4.69, 9.17) is 32.7 Å². The molecule has 2 bridgehead atoms. The molecule has 0 saturated heterocycles. The van der Waals surface area contributed by atoms with E-state index >= 15 is 9.59 Å². The highest BCUT2D eigenvalue weighted by Gasteiger charge is 2.72. The van der Waals surface area contributed by atoms with Gasteiger partial charge < -0.3 is 19.7 Å². The van der Waals surface area contributed by atoms with Gasteiger partial charge in [0.05, 0.1) is 27.0 Å². The standard InChI is InChI=1S/C52H60Cl2F2O6/c1-30(2)17-19-35(33(7)8)26-51-27-36(21-18-31(3)4)50(9,10)52(49(51)60,24-23-32(5)6)48(59)45(47(51)58)46(57)34-20-22-43(61-28-37-39(53)13-11-15-41(37)55)44(25-34)62-29-38-40(54)14-12-16-42(38)56/h11-18,20,22-23,25,35-36,49,58,60H,7,19,21,24,26-29H2,1-6,8-10H3. The second-order valence-electron chi connectivity index (χ2n) is 18.4. The second-order valence-corrected chi connectivity index (χ2v) is 19.3. The molecular formula is C52H60Cl2F2O6. The van der Waals surface area contributed by atoms with E-state index in [2.05, 4.69) is 18.7 Å². The van der Waals surface area contributed by atoms with E-state index in [9.17, 15) is 19.0 Å². The molecule has 5 atom stereocenters. The van der Waals surface area contributed by atoms with E-state index in [0.717, 1.165) is 22.3 Å². The van der Waals surface area contributed by atoms with Crippen molar-refractivity contribution in [2.45, 2.75) is 114 Å².